The zero-order valence-corrected chi connectivity index (χ0v) is 11.2. The molecule has 1 aliphatic heterocycles. The van der Waals surface area contributed by atoms with Gasteiger partial charge in [-0.3, -0.25) is 4.79 Å². The molecule has 0 saturated carbocycles. The molecule has 104 valence electrons. The molecule has 1 aromatic carbocycles. The Morgan fingerprint density at radius 1 is 1.50 bits per heavy atom. The molecular formula is C14H16N4O2. The number of rotatable bonds is 5. The molecule has 1 fully saturated rings. The summed E-state index contributed by atoms with van der Waals surface area (Å²) in [4.78, 5) is 10.6. The summed E-state index contributed by atoms with van der Waals surface area (Å²) in [5.41, 5.74) is 1.86. The molecule has 1 N–H and O–H groups in total. The van der Waals surface area contributed by atoms with Crippen molar-refractivity contribution in [2.45, 2.75) is 11.8 Å². The highest BCUT2D eigenvalue weighted by Crippen LogP contribution is 2.36. The van der Waals surface area contributed by atoms with E-state index in [1.165, 1.54) is 0 Å². The molecule has 2 aromatic rings. The smallest absolute Gasteiger partial charge is 0.211 e. The van der Waals surface area contributed by atoms with Crippen molar-refractivity contribution in [3.05, 3.63) is 42.0 Å². The highest BCUT2D eigenvalue weighted by molar-refractivity contribution is 5.71. The number of nitrogens with one attached hydrogen (secondary N) is 1. The molecule has 6 nitrogen and oxygen atoms in total. The first-order chi connectivity index (χ1) is 9.73. The van der Waals surface area contributed by atoms with Gasteiger partial charge in [-0.05, 0) is 17.7 Å². The highest BCUT2D eigenvalue weighted by Gasteiger charge is 2.41. The summed E-state index contributed by atoms with van der Waals surface area (Å²) in [5.74, 6) is 0.932. The summed E-state index contributed by atoms with van der Waals surface area (Å²) < 4.78 is 7.36. The van der Waals surface area contributed by atoms with Crippen molar-refractivity contribution < 1.29 is 9.53 Å². The number of aromatic nitrogens is 3. The second kappa shape index (κ2) is 5.05. The fourth-order valence-electron chi connectivity index (χ4n) is 2.50. The van der Waals surface area contributed by atoms with E-state index in [-0.39, 0.29) is 5.41 Å². The normalized spacial score (nSPS) is 16.4. The number of aryl methyl sites for hydroxylation is 1. The summed E-state index contributed by atoms with van der Waals surface area (Å²) in [7, 11) is 1.94. The molecule has 2 heterocycles. The van der Waals surface area contributed by atoms with Gasteiger partial charge in [0.15, 0.2) is 0 Å². The van der Waals surface area contributed by atoms with E-state index >= 15 is 0 Å². The van der Waals surface area contributed by atoms with Gasteiger partial charge in [0, 0.05) is 24.6 Å². The second-order valence-corrected chi connectivity index (χ2v) is 5.15. The van der Waals surface area contributed by atoms with Crippen LogP contribution in [-0.4, -0.2) is 34.4 Å². The average Bonchev–Trinajstić information content (AvgIpc) is 2.80. The number of nitrogens with zero attached hydrogens (tertiary/aromatic N) is 3. The Balaban J connectivity index is 1.90. The number of hydrogen-bond donors (Lipinski definition) is 1. The maximum atomic E-state index is 10.6. The third-order valence-electron chi connectivity index (χ3n) is 3.76. The minimum absolute atomic E-state index is 0.0820. The molecule has 1 aromatic heterocycles. The van der Waals surface area contributed by atoms with Crippen molar-refractivity contribution in [3.63, 3.8) is 0 Å². The van der Waals surface area contributed by atoms with Crippen molar-refractivity contribution in [1.29, 1.82) is 0 Å². The monoisotopic (exact) mass is 272 g/mol. The summed E-state index contributed by atoms with van der Waals surface area (Å²) in [6.07, 6.45) is 3.16. The third kappa shape index (κ3) is 2.18. The summed E-state index contributed by atoms with van der Waals surface area (Å²) >= 11 is 0. The van der Waals surface area contributed by atoms with Crippen LogP contribution in [0.1, 0.15) is 11.4 Å². The minimum atomic E-state index is -0.0820. The van der Waals surface area contributed by atoms with Crippen LogP contribution in [0.15, 0.2) is 30.6 Å². The van der Waals surface area contributed by atoms with Gasteiger partial charge >= 0.3 is 0 Å². The van der Waals surface area contributed by atoms with Crippen LogP contribution in [0.3, 0.4) is 0 Å². The molecule has 0 spiro atoms. The zero-order valence-electron chi connectivity index (χ0n) is 11.2. The Kier molecular flexibility index (Phi) is 3.23. The van der Waals surface area contributed by atoms with Gasteiger partial charge in [-0.1, -0.05) is 12.1 Å². The SMILES string of the molecule is Cn1cnnc1CC1(c2cccc(NC=O)c2)COC1. The standard InChI is InChI=1S/C14H16N4O2/c1-18-9-16-17-13(18)6-14(7-20-8-14)11-3-2-4-12(5-11)15-10-19/h2-5,9-10H,6-8H2,1H3,(H,15,19). The van der Waals surface area contributed by atoms with Gasteiger partial charge in [-0.15, -0.1) is 10.2 Å². The van der Waals surface area contributed by atoms with Crippen molar-refractivity contribution in [2.24, 2.45) is 7.05 Å². The molecule has 1 aliphatic rings. The van der Waals surface area contributed by atoms with E-state index in [1.54, 1.807) is 6.33 Å². The van der Waals surface area contributed by atoms with Crippen LogP contribution in [0.2, 0.25) is 0 Å². The van der Waals surface area contributed by atoms with Crippen LogP contribution in [0, 0.1) is 0 Å². The van der Waals surface area contributed by atoms with E-state index in [0.717, 1.165) is 23.5 Å². The predicted molar refractivity (Wildman–Crippen MR) is 73.3 cm³/mol. The van der Waals surface area contributed by atoms with Crippen molar-refractivity contribution in [2.75, 3.05) is 18.5 Å². The van der Waals surface area contributed by atoms with E-state index in [2.05, 4.69) is 21.6 Å². The highest BCUT2D eigenvalue weighted by atomic mass is 16.5. The molecule has 6 heteroatoms. The maximum absolute atomic E-state index is 10.6. The first kappa shape index (κ1) is 12.8. The molecule has 1 saturated heterocycles. The lowest BCUT2D eigenvalue weighted by atomic mass is 9.75. The molecule has 3 rings (SSSR count). The molecule has 0 radical (unpaired) electrons. The fraction of sp³-hybridized carbons (Fsp3) is 0.357. The van der Waals surface area contributed by atoms with Gasteiger partial charge < -0.3 is 14.6 Å². The number of hydrogen-bond acceptors (Lipinski definition) is 4. The van der Waals surface area contributed by atoms with Crippen LogP contribution in [0.5, 0.6) is 0 Å². The zero-order chi connectivity index (χ0) is 14.0. The Bertz CT molecular complexity index is 619. The lowest BCUT2D eigenvalue weighted by molar-refractivity contribution is -0.105. The second-order valence-electron chi connectivity index (χ2n) is 5.15. The lowest BCUT2D eigenvalue weighted by Crippen LogP contribution is -2.49. The Hall–Kier alpha value is -2.21. The van der Waals surface area contributed by atoms with Crippen molar-refractivity contribution in [1.82, 2.24) is 14.8 Å². The number of carbonyl (C=O) groups excluding carboxylic acids is 1. The van der Waals surface area contributed by atoms with Crippen LogP contribution in [-0.2, 0) is 28.4 Å². The molecule has 0 aliphatic carbocycles. The first-order valence-electron chi connectivity index (χ1n) is 6.45. The van der Waals surface area contributed by atoms with E-state index in [1.807, 2.05) is 29.8 Å². The molecule has 0 unspecified atom stereocenters. The van der Waals surface area contributed by atoms with Crippen molar-refractivity contribution >= 4 is 12.1 Å². The van der Waals surface area contributed by atoms with Crippen LogP contribution in [0.25, 0.3) is 0 Å². The number of amides is 1. The van der Waals surface area contributed by atoms with Gasteiger partial charge in [0.1, 0.15) is 12.2 Å². The largest absolute Gasteiger partial charge is 0.379 e. The van der Waals surface area contributed by atoms with Crippen LogP contribution >= 0.6 is 0 Å². The van der Waals surface area contributed by atoms with Crippen LogP contribution < -0.4 is 5.32 Å². The van der Waals surface area contributed by atoms with Gasteiger partial charge in [0.2, 0.25) is 6.41 Å². The quantitative estimate of drug-likeness (QED) is 0.821. The van der Waals surface area contributed by atoms with Gasteiger partial charge in [-0.25, -0.2) is 0 Å². The lowest BCUT2D eigenvalue weighted by Gasteiger charge is -2.41. The summed E-state index contributed by atoms with van der Waals surface area (Å²) in [5, 5.41) is 10.8. The third-order valence-corrected chi connectivity index (χ3v) is 3.76. The Morgan fingerprint density at radius 3 is 2.95 bits per heavy atom. The fourth-order valence-corrected chi connectivity index (χ4v) is 2.50. The number of carbonyl (C=O) groups is 1. The predicted octanol–water partition coefficient (Wildman–Crippen LogP) is 0.894. The first-order valence-corrected chi connectivity index (χ1v) is 6.45. The average molecular weight is 272 g/mol. The number of ether oxygens (including phenoxy) is 1. The van der Waals surface area contributed by atoms with E-state index in [0.29, 0.717) is 19.6 Å². The topological polar surface area (TPSA) is 69.0 Å². The molecule has 1 amide bonds. The molecule has 0 atom stereocenters. The summed E-state index contributed by atoms with van der Waals surface area (Å²) in [6, 6.07) is 7.87. The number of anilines is 1. The van der Waals surface area contributed by atoms with Crippen LogP contribution in [0.4, 0.5) is 5.69 Å². The molecule has 0 bridgehead atoms. The maximum Gasteiger partial charge on any atom is 0.211 e. The van der Waals surface area contributed by atoms with E-state index in [4.69, 9.17) is 4.74 Å². The van der Waals surface area contributed by atoms with E-state index in [9.17, 15) is 4.79 Å². The summed E-state index contributed by atoms with van der Waals surface area (Å²) in [6.45, 7) is 1.31. The Morgan fingerprint density at radius 2 is 2.35 bits per heavy atom. The van der Waals surface area contributed by atoms with Gasteiger partial charge in [0.25, 0.3) is 0 Å². The molecule has 20 heavy (non-hydrogen) atoms. The number of benzene rings is 1. The molecular weight excluding hydrogens is 256 g/mol. The van der Waals surface area contributed by atoms with Gasteiger partial charge in [-0.2, -0.15) is 0 Å². The van der Waals surface area contributed by atoms with E-state index < -0.39 is 0 Å². The van der Waals surface area contributed by atoms with Gasteiger partial charge in [0.05, 0.1) is 13.2 Å². The van der Waals surface area contributed by atoms with Crippen molar-refractivity contribution in [3.8, 4) is 0 Å². The minimum Gasteiger partial charge on any atom is -0.379 e. The Labute approximate surface area is 116 Å².